The molecule has 6 aliphatic rings. The zero-order chi connectivity index (χ0) is 72.8. The van der Waals surface area contributed by atoms with E-state index in [1.165, 1.54) is 72.8 Å². The van der Waals surface area contributed by atoms with E-state index in [1.54, 1.807) is 0 Å². The van der Waals surface area contributed by atoms with Crippen LogP contribution in [0.2, 0.25) is 10.0 Å². The summed E-state index contributed by atoms with van der Waals surface area (Å²) in [7, 11) is 3.66. The number of phenols is 6. The summed E-state index contributed by atoms with van der Waals surface area (Å²) in [6, 6.07) is 8.80. The van der Waals surface area contributed by atoms with Gasteiger partial charge >= 0.3 is 0 Å². The van der Waals surface area contributed by atoms with Crippen LogP contribution in [-0.4, -0.2) is 128 Å². The number of aliphatic hydroxyl groups excluding tert-OH is 1. The molecule has 8 atom stereocenters. The largest absolute Gasteiger partial charge is 0.508 e. The minimum absolute atomic E-state index is 0.0483. The molecule has 102 heavy (non-hydrogen) atoms. The Morgan fingerprint density at radius 2 is 1.16 bits per heavy atom. The zero-order valence-corrected chi connectivity index (χ0v) is 57.2. The standard InChI is InChI=1S/C73H78Cl2N10O17/c1-4-5-6-7-8-9-10-20-77-34-45-51(89)33-44-57(65(45)91)43-27-37(14-16-49(43)87)59-70(96)84-63(73(99)83-62(44)69(95)78-21-11-22-85(2)3)64(90)38-15-19-53(47(75)28-38)102-56-31-40-30-55(66(56)92)101-52-18-12-35(23-46(52)74)24-48-67(93)80-60(71(97)82-61(40)72(98)81-59)39-25-41(86)32-42(26-39)100-54-29-36(13-17-50(54)88)58(76)68(94)79-48/h12-19,23,25-33,48,58-64,77,86-92H,4-11,20-22,24,34,76H2,1-3H3,(H,78,95)(H,79,94)(H,80,93)(H,81,98)(H,82,97)(H,83,99)(H,84,96)/t48-,58-,59-,60-,61-,62-,63-,64?/m0/s1. The van der Waals surface area contributed by atoms with Crippen molar-refractivity contribution in [2.24, 2.45) is 5.73 Å². The lowest BCUT2D eigenvalue weighted by Gasteiger charge is -2.32. The molecule has 536 valence electrons. The fourth-order valence-corrected chi connectivity index (χ4v) is 13.1. The van der Waals surface area contributed by atoms with Crippen LogP contribution in [0.1, 0.15) is 139 Å². The topological polar surface area (TPSA) is 414 Å². The number of nitrogens with zero attached hydrogens (tertiary/aromatic N) is 1. The molecule has 17 N–H and O–H groups in total. The summed E-state index contributed by atoms with van der Waals surface area (Å²) in [5, 5.41) is 105. The third kappa shape index (κ3) is 16.3. The van der Waals surface area contributed by atoms with Crippen molar-refractivity contribution in [1.29, 1.82) is 0 Å². The summed E-state index contributed by atoms with van der Waals surface area (Å²) >= 11 is 13.9. The summed E-state index contributed by atoms with van der Waals surface area (Å²) in [6.45, 7) is 3.02. The fraction of sp³-hybridized carbons (Fsp3) is 0.329. The molecular weight excluding hydrogens is 1360 g/mol. The van der Waals surface area contributed by atoms with Crippen LogP contribution in [0.15, 0.2) is 109 Å². The van der Waals surface area contributed by atoms with Crippen LogP contribution in [0.5, 0.6) is 69.0 Å². The van der Waals surface area contributed by atoms with Crippen LogP contribution >= 0.6 is 23.2 Å². The Hall–Kier alpha value is -10.6. The number of halogens is 2. The van der Waals surface area contributed by atoms with Gasteiger partial charge < -0.3 is 103 Å². The minimum atomic E-state index is -2.16. The van der Waals surface area contributed by atoms with Crippen molar-refractivity contribution in [2.45, 2.75) is 120 Å². The number of aliphatic hydroxyl groups is 1. The first-order chi connectivity index (χ1) is 48.8. The van der Waals surface area contributed by atoms with Gasteiger partial charge in [0.2, 0.25) is 47.1 Å². The number of hydrogen-bond donors (Lipinski definition) is 16. The van der Waals surface area contributed by atoms with E-state index in [-0.39, 0.29) is 103 Å². The second-order valence-electron chi connectivity index (χ2n) is 25.8. The van der Waals surface area contributed by atoms with Crippen molar-refractivity contribution in [3.05, 3.63) is 164 Å². The summed E-state index contributed by atoms with van der Waals surface area (Å²) in [6.07, 6.45) is 5.04. The van der Waals surface area contributed by atoms with Crippen molar-refractivity contribution >= 4 is 64.6 Å². The molecule has 0 saturated heterocycles. The maximum absolute atomic E-state index is 16.1. The molecule has 17 bridgehead atoms. The Labute approximate surface area is 595 Å². The van der Waals surface area contributed by atoms with Gasteiger partial charge in [-0.2, -0.15) is 0 Å². The number of amides is 7. The summed E-state index contributed by atoms with van der Waals surface area (Å²) in [5.74, 6) is -13.2. The summed E-state index contributed by atoms with van der Waals surface area (Å²) in [5.41, 5.74) is 5.09. The van der Waals surface area contributed by atoms with Crippen molar-refractivity contribution < 1.29 is 83.5 Å². The van der Waals surface area contributed by atoms with Gasteiger partial charge in [0.25, 0.3) is 0 Å². The number of carbonyl (C=O) groups is 7. The lowest BCUT2D eigenvalue weighted by atomic mass is 9.87. The number of fused-ring (bicyclic) bond motifs is 14. The molecule has 0 spiro atoms. The van der Waals surface area contributed by atoms with Gasteiger partial charge in [0.15, 0.2) is 23.0 Å². The fourth-order valence-electron chi connectivity index (χ4n) is 12.6. The van der Waals surface area contributed by atoms with Crippen molar-refractivity contribution in [2.75, 3.05) is 33.7 Å². The van der Waals surface area contributed by atoms with Gasteiger partial charge in [0.05, 0.1) is 15.6 Å². The molecule has 1 unspecified atom stereocenters. The first kappa shape index (κ1) is 72.7. The van der Waals surface area contributed by atoms with Crippen LogP contribution in [0.25, 0.3) is 11.1 Å². The van der Waals surface area contributed by atoms with E-state index in [1.807, 2.05) is 19.0 Å². The Kier molecular flexibility index (Phi) is 22.5. The lowest BCUT2D eigenvalue weighted by Crippen LogP contribution is -2.56. The van der Waals surface area contributed by atoms with Gasteiger partial charge in [-0.1, -0.05) is 92.9 Å². The van der Waals surface area contributed by atoms with Gasteiger partial charge in [0.1, 0.15) is 88.6 Å². The van der Waals surface area contributed by atoms with Crippen molar-refractivity contribution in [3.63, 3.8) is 0 Å². The number of ether oxygens (including phenoxy) is 3. The monoisotopic (exact) mass is 1440 g/mol. The Bertz CT molecular complexity index is 4430. The van der Waals surface area contributed by atoms with Crippen LogP contribution in [-0.2, 0) is 46.5 Å². The molecule has 0 radical (unpaired) electrons. The van der Waals surface area contributed by atoms with E-state index in [2.05, 4.69) is 49.5 Å². The normalized spacial score (nSPS) is 20.4. The maximum Gasteiger partial charge on any atom is 0.248 e. The highest BCUT2D eigenvalue weighted by atomic mass is 35.5. The Morgan fingerprint density at radius 1 is 0.549 bits per heavy atom. The third-order valence-electron chi connectivity index (χ3n) is 18.1. The average molecular weight is 1440 g/mol. The van der Waals surface area contributed by atoms with Gasteiger partial charge in [-0.3, -0.25) is 33.6 Å². The Morgan fingerprint density at radius 3 is 1.84 bits per heavy atom. The second-order valence-corrected chi connectivity index (χ2v) is 26.6. The average Bonchev–Trinajstić information content (AvgIpc) is 0.756. The van der Waals surface area contributed by atoms with Crippen molar-refractivity contribution in [1.82, 2.24) is 47.4 Å². The predicted molar refractivity (Wildman–Crippen MR) is 373 cm³/mol. The number of rotatable bonds is 15. The van der Waals surface area contributed by atoms with E-state index in [4.69, 9.17) is 43.1 Å². The summed E-state index contributed by atoms with van der Waals surface area (Å²) in [4.78, 5) is 109. The van der Waals surface area contributed by atoms with Gasteiger partial charge in [-0.15, -0.1) is 0 Å². The first-order valence-electron chi connectivity index (χ1n) is 33.3. The predicted octanol–water partition coefficient (Wildman–Crippen LogP) is 7.81. The molecular formula is C73H78Cl2N10O17. The molecule has 0 fully saturated rings. The highest BCUT2D eigenvalue weighted by Gasteiger charge is 2.42. The maximum atomic E-state index is 16.1. The molecule has 0 saturated carbocycles. The van der Waals surface area contributed by atoms with Gasteiger partial charge in [-0.05, 0) is 158 Å². The molecule has 7 aromatic carbocycles. The number of nitrogens with one attached hydrogen (secondary N) is 8. The number of aromatic hydroxyl groups is 6. The number of benzene rings is 7. The van der Waals surface area contributed by atoms with Crippen LogP contribution in [0, 0.1) is 0 Å². The van der Waals surface area contributed by atoms with Gasteiger partial charge in [0, 0.05) is 36.7 Å². The van der Waals surface area contributed by atoms with Crippen LogP contribution in [0.3, 0.4) is 0 Å². The highest BCUT2D eigenvalue weighted by molar-refractivity contribution is 6.32. The van der Waals surface area contributed by atoms with Gasteiger partial charge in [-0.25, -0.2) is 0 Å². The molecule has 27 nitrogen and oxygen atoms in total. The highest BCUT2D eigenvalue weighted by Crippen LogP contribution is 2.49. The van der Waals surface area contributed by atoms with E-state index in [0.29, 0.717) is 25.1 Å². The number of unbranched alkanes of at least 4 members (excludes halogenated alkanes) is 6. The first-order valence-corrected chi connectivity index (χ1v) is 34.0. The quantitative estimate of drug-likeness (QED) is 0.0435. The number of carbonyl (C=O) groups excluding carboxylic acids is 7. The molecule has 0 aromatic heterocycles. The molecule has 0 aliphatic carbocycles. The van der Waals surface area contributed by atoms with E-state index < -0.39 is 136 Å². The smallest absolute Gasteiger partial charge is 0.248 e. The van der Waals surface area contributed by atoms with Crippen molar-refractivity contribution in [3.8, 4) is 80.1 Å². The third-order valence-corrected chi connectivity index (χ3v) is 18.7. The second kappa shape index (κ2) is 31.6. The molecule has 13 rings (SSSR count). The van der Waals surface area contributed by atoms with E-state index >= 15 is 24.0 Å². The Balaban J connectivity index is 1.10. The number of hydrogen-bond acceptors (Lipinski definition) is 20. The lowest BCUT2D eigenvalue weighted by molar-refractivity contribution is -0.137. The minimum Gasteiger partial charge on any atom is -0.508 e. The van der Waals surface area contributed by atoms with E-state index in [0.717, 1.165) is 81.3 Å². The SMILES string of the molecule is CCCCCCCCCNCc1c(O)cc2c(c1O)-c1cc(ccc1O)[C@@H]1NC(=O)[C@H]3NC(=O)[C@H]4NC(=O)[C@H](Cc5ccc(c(Cl)c5)Oc5cc3cc(c5O)Oc3ccc(cc3Cl)C(O)[C@H](NC1=O)C(=O)N[C@@H]2C(=O)NCCCN(C)C)NC(=O)[C@@H](N)c1ccc(O)c(c1)Oc1cc(O)cc4c1. The summed E-state index contributed by atoms with van der Waals surface area (Å²) < 4.78 is 18.7. The van der Waals surface area contributed by atoms with Crippen LogP contribution in [0.4, 0.5) is 0 Å². The number of phenolic OH excluding ortho intramolecular Hbond substituents is 6. The zero-order valence-electron chi connectivity index (χ0n) is 55.7. The van der Waals surface area contributed by atoms with Crippen LogP contribution < -0.4 is 62.5 Å². The molecule has 29 heteroatoms. The molecule has 6 heterocycles. The molecule has 7 aromatic rings. The molecule has 6 aliphatic heterocycles. The van der Waals surface area contributed by atoms with E-state index in [9.17, 15) is 45.3 Å². The molecule has 7 amide bonds. The number of nitrogens with two attached hydrogens (primary N) is 1.